The van der Waals surface area contributed by atoms with Gasteiger partial charge in [0.05, 0.1) is 11.3 Å². The number of fused-ring (bicyclic) bond motifs is 2. The molecule has 1 aromatic carbocycles. The van der Waals surface area contributed by atoms with E-state index < -0.39 is 5.60 Å². The molecular formula is C26H33Cl2N5O3S. The summed E-state index contributed by atoms with van der Waals surface area (Å²) in [6, 6.07) is 6.62. The number of carbonyl (C=O) groups excluding carboxylic acids is 2. The maximum Gasteiger partial charge on any atom is 0.280 e. The summed E-state index contributed by atoms with van der Waals surface area (Å²) in [6.45, 7) is 5.34. The van der Waals surface area contributed by atoms with E-state index >= 15 is 0 Å². The lowest BCUT2D eigenvalue weighted by molar-refractivity contribution is -0.00937. The SMILES string of the molecule is CN1CCc2nc(C(=O)NC3C[C@H](C(C)(C)O)CCC3NC(=O)c3cc4cc(Cl)ccc4[nH]3)sc2C1.Cl. The molecule has 0 bridgehead atoms. The minimum absolute atomic E-state index is 0. The number of rotatable bonds is 5. The van der Waals surface area contributed by atoms with Crippen molar-refractivity contribution in [2.75, 3.05) is 13.6 Å². The Labute approximate surface area is 231 Å². The van der Waals surface area contributed by atoms with Gasteiger partial charge in [0.25, 0.3) is 11.8 Å². The second kappa shape index (κ2) is 10.9. The number of nitrogens with one attached hydrogen (secondary N) is 3. The molecule has 11 heteroatoms. The summed E-state index contributed by atoms with van der Waals surface area (Å²) in [6.07, 6.45) is 2.81. The van der Waals surface area contributed by atoms with Crippen LogP contribution in [0.15, 0.2) is 24.3 Å². The van der Waals surface area contributed by atoms with Crippen molar-refractivity contribution in [1.29, 1.82) is 0 Å². The van der Waals surface area contributed by atoms with E-state index in [4.69, 9.17) is 11.6 Å². The first-order chi connectivity index (χ1) is 17.1. The molecule has 1 saturated carbocycles. The number of amides is 2. The predicted octanol–water partition coefficient (Wildman–Crippen LogP) is 4.16. The average molecular weight is 567 g/mol. The Morgan fingerprint density at radius 3 is 2.70 bits per heavy atom. The van der Waals surface area contributed by atoms with Crippen molar-refractivity contribution >= 4 is 58.1 Å². The number of hydrogen-bond donors (Lipinski definition) is 4. The van der Waals surface area contributed by atoms with Crippen LogP contribution in [-0.2, 0) is 13.0 Å². The Hall–Kier alpha value is -2.17. The smallest absolute Gasteiger partial charge is 0.280 e. The molecule has 4 N–H and O–H groups in total. The maximum absolute atomic E-state index is 13.2. The summed E-state index contributed by atoms with van der Waals surface area (Å²) in [5, 5.41) is 18.9. The number of carbonyl (C=O) groups is 2. The normalized spacial score (nSPS) is 22.2. The van der Waals surface area contributed by atoms with Crippen molar-refractivity contribution < 1.29 is 14.7 Å². The van der Waals surface area contributed by atoms with Crippen molar-refractivity contribution in [3.8, 4) is 0 Å². The fourth-order valence-electron chi connectivity index (χ4n) is 5.27. The van der Waals surface area contributed by atoms with E-state index in [0.29, 0.717) is 28.6 Å². The molecular weight excluding hydrogens is 533 g/mol. The van der Waals surface area contributed by atoms with E-state index in [1.807, 2.05) is 12.1 Å². The molecule has 37 heavy (non-hydrogen) atoms. The molecule has 0 saturated heterocycles. The molecule has 0 spiro atoms. The third-order valence-corrected chi connectivity index (χ3v) is 8.74. The molecule has 200 valence electrons. The molecule has 1 aliphatic heterocycles. The topological polar surface area (TPSA) is 110 Å². The van der Waals surface area contributed by atoms with Gasteiger partial charge in [-0.3, -0.25) is 9.59 Å². The lowest BCUT2D eigenvalue weighted by Crippen LogP contribution is -2.56. The van der Waals surface area contributed by atoms with Gasteiger partial charge >= 0.3 is 0 Å². The summed E-state index contributed by atoms with van der Waals surface area (Å²) in [5.74, 6) is -0.455. The third kappa shape index (κ3) is 6.12. The zero-order valence-electron chi connectivity index (χ0n) is 21.1. The minimum Gasteiger partial charge on any atom is -0.390 e. The number of thiazole rings is 1. The van der Waals surface area contributed by atoms with Gasteiger partial charge in [-0.1, -0.05) is 11.6 Å². The molecule has 2 amide bonds. The van der Waals surface area contributed by atoms with E-state index in [0.717, 1.165) is 47.4 Å². The van der Waals surface area contributed by atoms with Crippen LogP contribution in [0.3, 0.4) is 0 Å². The van der Waals surface area contributed by atoms with Crippen molar-refractivity contribution in [2.45, 2.75) is 63.8 Å². The van der Waals surface area contributed by atoms with Crippen LogP contribution < -0.4 is 10.6 Å². The number of likely N-dealkylation sites (N-methyl/N-ethyl adjacent to an activating group) is 1. The molecule has 2 aromatic heterocycles. The van der Waals surface area contributed by atoms with Crippen LogP contribution in [0.25, 0.3) is 10.9 Å². The molecule has 3 heterocycles. The van der Waals surface area contributed by atoms with Crippen molar-refractivity contribution in [2.24, 2.45) is 5.92 Å². The molecule has 5 rings (SSSR count). The van der Waals surface area contributed by atoms with Crippen LogP contribution in [0.1, 0.15) is 64.0 Å². The lowest BCUT2D eigenvalue weighted by atomic mass is 9.74. The van der Waals surface area contributed by atoms with Gasteiger partial charge in [0.1, 0.15) is 5.69 Å². The number of benzene rings is 1. The van der Waals surface area contributed by atoms with Crippen LogP contribution in [0.4, 0.5) is 0 Å². The monoisotopic (exact) mass is 565 g/mol. The fourth-order valence-corrected chi connectivity index (χ4v) is 6.54. The van der Waals surface area contributed by atoms with Crippen LogP contribution in [0, 0.1) is 5.92 Å². The van der Waals surface area contributed by atoms with Crippen LogP contribution in [0.2, 0.25) is 5.02 Å². The highest BCUT2D eigenvalue weighted by Gasteiger charge is 2.39. The lowest BCUT2D eigenvalue weighted by Gasteiger charge is -2.41. The van der Waals surface area contributed by atoms with Gasteiger partial charge in [0.15, 0.2) is 5.01 Å². The number of aromatic nitrogens is 2. The van der Waals surface area contributed by atoms with Gasteiger partial charge in [-0.2, -0.15) is 0 Å². The standard InChI is InChI=1S/C26H32ClN5O3S.ClH/c1-26(2,35)15-4-6-18(29-23(33)21-11-14-10-16(27)5-7-17(14)28-21)20(12-15)30-24(34)25-31-19-8-9-32(3)13-22(19)36-25;/h5,7,10-11,15,18,20,28,35H,4,6,8-9,12-13H2,1-3H3,(H,29,33)(H,30,34);1H/t15-,18?,20?;/m1./s1. The first-order valence-corrected chi connectivity index (χ1v) is 13.6. The molecule has 2 aliphatic rings. The summed E-state index contributed by atoms with van der Waals surface area (Å²) in [5.41, 5.74) is 1.40. The summed E-state index contributed by atoms with van der Waals surface area (Å²) in [4.78, 5) is 37.5. The summed E-state index contributed by atoms with van der Waals surface area (Å²) < 4.78 is 0. The van der Waals surface area contributed by atoms with E-state index in [1.54, 1.807) is 26.0 Å². The Balaban J connectivity index is 0.00000320. The molecule has 0 radical (unpaired) electrons. The predicted molar refractivity (Wildman–Crippen MR) is 149 cm³/mol. The number of hydrogen-bond acceptors (Lipinski definition) is 6. The number of aromatic amines is 1. The quantitative estimate of drug-likeness (QED) is 0.371. The van der Waals surface area contributed by atoms with Crippen molar-refractivity contribution in [1.82, 2.24) is 25.5 Å². The van der Waals surface area contributed by atoms with Gasteiger partial charge in [-0.15, -0.1) is 23.7 Å². The van der Waals surface area contributed by atoms with Crippen LogP contribution in [-0.4, -0.2) is 63.1 Å². The van der Waals surface area contributed by atoms with E-state index in [1.165, 1.54) is 11.3 Å². The second-order valence-corrected chi connectivity index (χ2v) is 12.1. The molecule has 2 unspecified atom stereocenters. The average Bonchev–Trinajstić information content (AvgIpc) is 3.43. The zero-order chi connectivity index (χ0) is 25.6. The van der Waals surface area contributed by atoms with Gasteiger partial charge < -0.3 is 25.6 Å². The van der Waals surface area contributed by atoms with E-state index in [2.05, 4.69) is 32.5 Å². The Kier molecular flexibility index (Phi) is 8.21. The highest BCUT2D eigenvalue weighted by molar-refractivity contribution is 7.13. The Bertz CT molecular complexity index is 1300. The van der Waals surface area contributed by atoms with Crippen LogP contribution >= 0.6 is 35.3 Å². The third-order valence-electron chi connectivity index (χ3n) is 7.43. The van der Waals surface area contributed by atoms with Crippen LogP contribution in [0.5, 0.6) is 0 Å². The molecule has 1 aliphatic carbocycles. The first-order valence-electron chi connectivity index (χ1n) is 12.4. The zero-order valence-corrected chi connectivity index (χ0v) is 23.5. The van der Waals surface area contributed by atoms with Crippen molar-refractivity contribution in [3.05, 3.63) is 50.6 Å². The van der Waals surface area contributed by atoms with Gasteiger partial charge in [-0.25, -0.2) is 4.98 Å². The first kappa shape index (κ1) is 27.9. The number of H-pyrrole nitrogens is 1. The second-order valence-electron chi connectivity index (χ2n) is 10.6. The highest BCUT2D eigenvalue weighted by atomic mass is 35.5. The maximum atomic E-state index is 13.2. The number of aliphatic hydroxyl groups is 1. The van der Waals surface area contributed by atoms with E-state index in [-0.39, 0.29) is 42.2 Å². The molecule has 3 aromatic rings. The van der Waals surface area contributed by atoms with Gasteiger partial charge in [-0.05, 0) is 70.3 Å². The Morgan fingerprint density at radius 2 is 1.95 bits per heavy atom. The Morgan fingerprint density at radius 1 is 1.19 bits per heavy atom. The summed E-state index contributed by atoms with van der Waals surface area (Å²) in [7, 11) is 2.07. The van der Waals surface area contributed by atoms with E-state index in [9.17, 15) is 14.7 Å². The summed E-state index contributed by atoms with van der Waals surface area (Å²) >= 11 is 7.53. The molecule has 1 fully saturated rings. The van der Waals surface area contributed by atoms with Crippen molar-refractivity contribution in [3.63, 3.8) is 0 Å². The van der Waals surface area contributed by atoms with Gasteiger partial charge in [0, 0.05) is 52.4 Å². The number of nitrogens with zero attached hydrogens (tertiary/aromatic N) is 2. The molecule has 3 atom stereocenters. The van der Waals surface area contributed by atoms with Gasteiger partial charge in [0.2, 0.25) is 0 Å². The molecule has 8 nitrogen and oxygen atoms in total. The largest absolute Gasteiger partial charge is 0.390 e. The fraction of sp³-hybridized carbons (Fsp3) is 0.500. The minimum atomic E-state index is -0.876. The highest BCUT2D eigenvalue weighted by Crippen LogP contribution is 2.34. The number of halogens is 2.